The Morgan fingerprint density at radius 3 is 2.45 bits per heavy atom. The molecule has 1 aromatic heterocycles. The molecule has 33 heavy (non-hydrogen) atoms. The van der Waals surface area contributed by atoms with Crippen LogP contribution in [-0.2, 0) is 12.3 Å². The largest absolute Gasteiger partial charge is 0.350 e. The average Bonchev–Trinajstić information content (AvgIpc) is 2.80. The fourth-order valence-electron chi connectivity index (χ4n) is 3.44. The van der Waals surface area contributed by atoms with Crippen LogP contribution in [0.5, 0.6) is 0 Å². The summed E-state index contributed by atoms with van der Waals surface area (Å²) in [6.07, 6.45) is 0. The third-order valence-electron chi connectivity index (χ3n) is 5.12. The number of aromatic nitrogens is 2. The SMILES string of the molecule is CC(C)NC(=O)c1ccc(Cn2c(SCc3ccccc3F)nc3ccccc3c2=O)cc1. The van der Waals surface area contributed by atoms with Gasteiger partial charge in [0, 0.05) is 17.4 Å². The number of para-hydroxylation sites is 1. The van der Waals surface area contributed by atoms with Crippen LogP contribution < -0.4 is 10.9 Å². The van der Waals surface area contributed by atoms with Gasteiger partial charge in [0.25, 0.3) is 11.5 Å². The Kier molecular flexibility index (Phi) is 6.89. The van der Waals surface area contributed by atoms with E-state index in [4.69, 9.17) is 4.98 Å². The van der Waals surface area contributed by atoms with E-state index in [9.17, 15) is 14.0 Å². The van der Waals surface area contributed by atoms with Crippen LogP contribution in [0, 0.1) is 5.82 Å². The van der Waals surface area contributed by atoms with Crippen LogP contribution in [0.25, 0.3) is 10.9 Å². The molecule has 0 atom stereocenters. The van der Waals surface area contributed by atoms with Crippen molar-refractivity contribution >= 4 is 28.6 Å². The van der Waals surface area contributed by atoms with E-state index in [0.717, 1.165) is 5.56 Å². The van der Waals surface area contributed by atoms with Gasteiger partial charge in [0.1, 0.15) is 5.82 Å². The van der Waals surface area contributed by atoms with Gasteiger partial charge in [-0.15, -0.1) is 0 Å². The highest BCUT2D eigenvalue weighted by Gasteiger charge is 2.14. The Morgan fingerprint density at radius 1 is 1.03 bits per heavy atom. The molecule has 4 aromatic rings. The minimum atomic E-state index is -0.282. The van der Waals surface area contributed by atoms with Crippen molar-refractivity contribution in [1.29, 1.82) is 0 Å². The molecular weight excluding hydrogens is 437 g/mol. The van der Waals surface area contributed by atoms with Crippen LogP contribution in [-0.4, -0.2) is 21.5 Å². The van der Waals surface area contributed by atoms with Crippen LogP contribution in [0.4, 0.5) is 4.39 Å². The molecule has 0 fully saturated rings. The third-order valence-corrected chi connectivity index (χ3v) is 6.14. The Labute approximate surface area is 195 Å². The number of hydrogen-bond donors (Lipinski definition) is 1. The highest BCUT2D eigenvalue weighted by molar-refractivity contribution is 7.98. The van der Waals surface area contributed by atoms with Crippen molar-refractivity contribution in [3.63, 3.8) is 0 Å². The lowest BCUT2D eigenvalue weighted by Crippen LogP contribution is -2.30. The molecule has 3 aromatic carbocycles. The number of halogens is 1. The van der Waals surface area contributed by atoms with Crippen LogP contribution >= 0.6 is 11.8 Å². The van der Waals surface area contributed by atoms with Crippen molar-refractivity contribution in [1.82, 2.24) is 14.9 Å². The zero-order valence-electron chi connectivity index (χ0n) is 18.4. The molecule has 1 amide bonds. The predicted octanol–water partition coefficient (Wildman–Crippen LogP) is 5.01. The molecule has 0 aliphatic carbocycles. The first kappa shape index (κ1) is 22.7. The van der Waals surface area contributed by atoms with E-state index in [2.05, 4.69) is 5.32 Å². The number of carbonyl (C=O) groups is 1. The van der Waals surface area contributed by atoms with Gasteiger partial charge >= 0.3 is 0 Å². The molecule has 168 valence electrons. The molecule has 7 heteroatoms. The normalized spacial score (nSPS) is 11.2. The molecule has 0 aliphatic heterocycles. The second-order valence-corrected chi connectivity index (χ2v) is 8.95. The van der Waals surface area contributed by atoms with Crippen molar-refractivity contribution in [2.45, 2.75) is 37.3 Å². The summed E-state index contributed by atoms with van der Waals surface area (Å²) in [7, 11) is 0. The fraction of sp³-hybridized carbons (Fsp3) is 0.192. The predicted molar refractivity (Wildman–Crippen MR) is 130 cm³/mol. The van der Waals surface area contributed by atoms with Gasteiger partial charge in [-0.3, -0.25) is 14.2 Å². The molecule has 1 N–H and O–H groups in total. The summed E-state index contributed by atoms with van der Waals surface area (Å²) in [5.41, 5.74) is 2.43. The Bertz CT molecular complexity index is 1350. The van der Waals surface area contributed by atoms with Crippen LogP contribution in [0.1, 0.15) is 35.3 Å². The van der Waals surface area contributed by atoms with Gasteiger partial charge in [-0.05, 0) is 55.3 Å². The number of thioether (sulfide) groups is 1. The summed E-state index contributed by atoms with van der Waals surface area (Å²) in [6, 6.07) is 21.0. The second-order valence-electron chi connectivity index (χ2n) is 8.01. The van der Waals surface area contributed by atoms with E-state index in [1.165, 1.54) is 17.8 Å². The van der Waals surface area contributed by atoms with Crippen molar-refractivity contribution in [2.75, 3.05) is 0 Å². The number of hydrogen-bond acceptors (Lipinski definition) is 4. The number of rotatable bonds is 7. The maximum atomic E-state index is 14.1. The molecule has 0 radical (unpaired) electrons. The summed E-state index contributed by atoms with van der Waals surface area (Å²) in [4.78, 5) is 30.2. The lowest BCUT2D eigenvalue weighted by Gasteiger charge is -2.14. The molecule has 0 bridgehead atoms. The zero-order valence-corrected chi connectivity index (χ0v) is 19.2. The van der Waals surface area contributed by atoms with E-state index in [0.29, 0.717) is 39.5 Å². The Hall–Kier alpha value is -3.45. The third kappa shape index (κ3) is 5.31. The molecule has 0 spiro atoms. The van der Waals surface area contributed by atoms with Crippen molar-refractivity contribution in [2.24, 2.45) is 0 Å². The van der Waals surface area contributed by atoms with Crippen molar-refractivity contribution in [3.05, 3.63) is 106 Å². The fourth-order valence-corrected chi connectivity index (χ4v) is 4.43. The minimum absolute atomic E-state index is 0.0495. The molecule has 0 saturated heterocycles. The summed E-state index contributed by atoms with van der Waals surface area (Å²) in [6.45, 7) is 4.11. The number of fused-ring (bicyclic) bond motifs is 1. The van der Waals surface area contributed by atoms with E-state index in [-0.39, 0.29) is 23.3 Å². The lowest BCUT2D eigenvalue weighted by molar-refractivity contribution is 0.0943. The highest BCUT2D eigenvalue weighted by atomic mass is 32.2. The van der Waals surface area contributed by atoms with E-state index in [1.54, 1.807) is 47.0 Å². The summed E-state index contributed by atoms with van der Waals surface area (Å²) in [5, 5.41) is 3.91. The topological polar surface area (TPSA) is 64.0 Å². The van der Waals surface area contributed by atoms with Gasteiger partial charge in [0.15, 0.2) is 5.16 Å². The number of nitrogens with one attached hydrogen (secondary N) is 1. The van der Waals surface area contributed by atoms with Gasteiger partial charge in [-0.1, -0.05) is 54.2 Å². The van der Waals surface area contributed by atoms with Crippen LogP contribution in [0.15, 0.2) is 82.7 Å². The maximum Gasteiger partial charge on any atom is 0.262 e. The summed E-state index contributed by atoms with van der Waals surface area (Å²) >= 11 is 1.33. The van der Waals surface area contributed by atoms with Gasteiger partial charge in [-0.25, -0.2) is 9.37 Å². The minimum Gasteiger partial charge on any atom is -0.350 e. The van der Waals surface area contributed by atoms with Crippen LogP contribution in [0.2, 0.25) is 0 Å². The number of benzene rings is 3. The van der Waals surface area contributed by atoms with Gasteiger partial charge in [-0.2, -0.15) is 0 Å². The van der Waals surface area contributed by atoms with Crippen molar-refractivity contribution in [3.8, 4) is 0 Å². The average molecular weight is 462 g/mol. The molecule has 0 unspecified atom stereocenters. The number of amides is 1. The molecular formula is C26H24FN3O2S. The second kappa shape index (κ2) is 10.0. The van der Waals surface area contributed by atoms with Gasteiger partial charge < -0.3 is 5.32 Å². The maximum absolute atomic E-state index is 14.1. The highest BCUT2D eigenvalue weighted by Crippen LogP contribution is 2.24. The van der Waals surface area contributed by atoms with E-state index in [1.807, 2.05) is 38.1 Å². The van der Waals surface area contributed by atoms with Crippen molar-refractivity contribution < 1.29 is 9.18 Å². The lowest BCUT2D eigenvalue weighted by atomic mass is 10.1. The summed E-state index contributed by atoms with van der Waals surface area (Å²) < 4.78 is 15.7. The van der Waals surface area contributed by atoms with E-state index >= 15 is 0 Å². The Balaban J connectivity index is 1.66. The molecule has 5 nitrogen and oxygen atoms in total. The smallest absolute Gasteiger partial charge is 0.262 e. The van der Waals surface area contributed by atoms with Gasteiger partial charge in [0.2, 0.25) is 0 Å². The quantitative estimate of drug-likeness (QED) is 0.310. The molecule has 1 heterocycles. The molecule has 4 rings (SSSR count). The Morgan fingerprint density at radius 2 is 1.73 bits per heavy atom. The first-order valence-corrected chi connectivity index (χ1v) is 11.7. The van der Waals surface area contributed by atoms with Gasteiger partial charge in [0.05, 0.1) is 17.4 Å². The molecule has 0 aliphatic rings. The first-order valence-electron chi connectivity index (χ1n) is 10.7. The number of carbonyl (C=O) groups excluding carboxylic acids is 1. The van der Waals surface area contributed by atoms with E-state index < -0.39 is 0 Å². The zero-order chi connectivity index (χ0) is 23.4. The summed E-state index contributed by atoms with van der Waals surface area (Å²) in [5.74, 6) is -0.0663. The number of nitrogens with zero attached hydrogens (tertiary/aromatic N) is 2. The monoisotopic (exact) mass is 461 g/mol. The molecule has 0 saturated carbocycles. The van der Waals surface area contributed by atoms with Crippen LogP contribution in [0.3, 0.4) is 0 Å². The standard InChI is InChI=1S/C26H24FN3O2S/c1-17(2)28-24(31)19-13-11-18(12-14-19)15-30-25(32)21-8-4-6-10-23(21)29-26(30)33-16-20-7-3-5-9-22(20)27/h3-14,17H,15-16H2,1-2H3,(H,28,31). The first-order chi connectivity index (χ1) is 15.9.